The number of terminal acetylenes is 1. The molecule has 1 atom stereocenters. The van der Waals surface area contributed by atoms with Crippen LogP contribution in [0.25, 0.3) is 16.6 Å². The van der Waals surface area contributed by atoms with Crippen LogP contribution in [0.2, 0.25) is 0 Å². The van der Waals surface area contributed by atoms with Crippen LogP contribution < -0.4 is 0 Å². The third kappa shape index (κ3) is 3.13. The monoisotopic (exact) mass is 348 g/mol. The Bertz CT molecular complexity index is 876. The van der Waals surface area contributed by atoms with Crippen molar-refractivity contribution in [1.82, 2.24) is 19.8 Å². The molecule has 2 aliphatic rings. The molecule has 0 aromatic carbocycles. The fourth-order valence-electron chi connectivity index (χ4n) is 4.12. The van der Waals surface area contributed by atoms with Gasteiger partial charge in [0.15, 0.2) is 0 Å². The molecule has 26 heavy (non-hydrogen) atoms. The minimum absolute atomic E-state index is 0.0490. The van der Waals surface area contributed by atoms with Crippen LogP contribution in [-0.4, -0.2) is 57.9 Å². The lowest BCUT2D eigenvalue weighted by Crippen LogP contribution is -2.51. The smallest absolute Gasteiger partial charge is 0.240 e. The number of pyridine rings is 1. The molecule has 2 aliphatic heterocycles. The Morgan fingerprint density at radius 1 is 1.38 bits per heavy atom. The van der Waals surface area contributed by atoms with E-state index in [1.165, 1.54) is 11.1 Å². The zero-order chi connectivity index (χ0) is 17.9. The molecule has 5 nitrogen and oxygen atoms in total. The highest BCUT2D eigenvalue weighted by molar-refractivity contribution is 5.91. The average Bonchev–Trinajstić information content (AvgIpc) is 3.12. The van der Waals surface area contributed by atoms with Crippen molar-refractivity contribution in [3.8, 4) is 12.3 Å². The third-order valence-electron chi connectivity index (χ3n) is 5.51. The SMILES string of the molecule is C#CCN1CCCC[C@@H]1C(=O)N1CC=C(c2c[nH]c3ncccc23)CC1. The van der Waals surface area contributed by atoms with Gasteiger partial charge in [-0.2, -0.15) is 0 Å². The first-order valence-corrected chi connectivity index (χ1v) is 9.35. The second kappa shape index (κ2) is 7.35. The summed E-state index contributed by atoms with van der Waals surface area (Å²) >= 11 is 0. The molecule has 2 aromatic rings. The van der Waals surface area contributed by atoms with E-state index >= 15 is 0 Å². The maximum atomic E-state index is 13.0. The van der Waals surface area contributed by atoms with E-state index in [0.717, 1.165) is 49.8 Å². The number of hydrogen-bond acceptors (Lipinski definition) is 3. The summed E-state index contributed by atoms with van der Waals surface area (Å²) in [5, 5.41) is 1.14. The summed E-state index contributed by atoms with van der Waals surface area (Å²) in [4.78, 5) is 24.8. The van der Waals surface area contributed by atoms with E-state index in [1.54, 1.807) is 6.20 Å². The Balaban J connectivity index is 1.48. The van der Waals surface area contributed by atoms with Crippen LogP contribution in [0.15, 0.2) is 30.6 Å². The number of nitrogens with one attached hydrogen (secondary N) is 1. The molecule has 0 saturated carbocycles. The number of H-pyrrole nitrogens is 1. The van der Waals surface area contributed by atoms with Crippen molar-refractivity contribution in [2.75, 3.05) is 26.2 Å². The standard InChI is InChI=1S/C21H24N4O/c1-2-11-24-12-4-3-7-19(24)21(26)25-13-8-16(9-14-25)18-15-23-20-17(18)6-5-10-22-20/h1,5-6,8,10,15,19H,3-4,7,9,11-14H2,(H,22,23)/t19-/m1/s1. The molecule has 134 valence electrons. The molecule has 2 aromatic heterocycles. The van der Waals surface area contributed by atoms with E-state index in [4.69, 9.17) is 6.42 Å². The van der Waals surface area contributed by atoms with E-state index in [9.17, 15) is 4.79 Å². The number of piperidine rings is 1. The Labute approximate surface area is 154 Å². The summed E-state index contributed by atoms with van der Waals surface area (Å²) in [5.41, 5.74) is 3.40. The highest BCUT2D eigenvalue weighted by Gasteiger charge is 2.32. The third-order valence-corrected chi connectivity index (χ3v) is 5.51. The maximum Gasteiger partial charge on any atom is 0.240 e. The molecule has 5 heteroatoms. The predicted molar refractivity (Wildman–Crippen MR) is 103 cm³/mol. The van der Waals surface area contributed by atoms with Gasteiger partial charge in [0.1, 0.15) is 5.65 Å². The van der Waals surface area contributed by atoms with Crippen molar-refractivity contribution in [3.05, 3.63) is 36.2 Å². The number of fused-ring (bicyclic) bond motifs is 1. The largest absolute Gasteiger partial charge is 0.346 e. The van der Waals surface area contributed by atoms with Gasteiger partial charge in [-0.15, -0.1) is 6.42 Å². The summed E-state index contributed by atoms with van der Waals surface area (Å²) in [5.74, 6) is 2.93. The quantitative estimate of drug-likeness (QED) is 0.868. The van der Waals surface area contributed by atoms with Crippen LogP contribution in [0.5, 0.6) is 0 Å². The second-order valence-corrected chi connectivity index (χ2v) is 7.05. The lowest BCUT2D eigenvalue weighted by molar-refractivity contribution is -0.137. The number of carbonyl (C=O) groups excluding carboxylic acids is 1. The van der Waals surface area contributed by atoms with Gasteiger partial charge in [-0.05, 0) is 43.5 Å². The zero-order valence-corrected chi connectivity index (χ0v) is 14.9. The Kier molecular flexibility index (Phi) is 4.77. The molecule has 4 heterocycles. The Hall–Kier alpha value is -2.58. The first-order valence-electron chi connectivity index (χ1n) is 9.35. The van der Waals surface area contributed by atoms with Gasteiger partial charge in [-0.1, -0.05) is 18.4 Å². The van der Waals surface area contributed by atoms with Crippen LogP contribution in [0.3, 0.4) is 0 Å². The van der Waals surface area contributed by atoms with Crippen molar-refractivity contribution >= 4 is 22.5 Å². The van der Waals surface area contributed by atoms with Gasteiger partial charge in [-0.25, -0.2) is 4.98 Å². The molecular weight excluding hydrogens is 324 g/mol. The summed E-state index contributed by atoms with van der Waals surface area (Å²) in [6, 6.07) is 4.00. The van der Waals surface area contributed by atoms with Gasteiger partial charge in [0.05, 0.1) is 12.6 Å². The summed E-state index contributed by atoms with van der Waals surface area (Å²) < 4.78 is 0. The van der Waals surface area contributed by atoms with E-state index in [1.807, 2.05) is 17.2 Å². The fraction of sp³-hybridized carbons (Fsp3) is 0.429. The molecule has 0 radical (unpaired) electrons. The van der Waals surface area contributed by atoms with E-state index in [2.05, 4.69) is 32.9 Å². The van der Waals surface area contributed by atoms with Crippen LogP contribution in [0.4, 0.5) is 0 Å². The van der Waals surface area contributed by atoms with Crippen molar-refractivity contribution in [2.45, 2.75) is 31.7 Å². The highest BCUT2D eigenvalue weighted by atomic mass is 16.2. The number of aromatic nitrogens is 2. The van der Waals surface area contributed by atoms with Crippen LogP contribution in [-0.2, 0) is 4.79 Å². The lowest BCUT2D eigenvalue weighted by atomic mass is 9.97. The molecule has 1 N–H and O–H groups in total. The number of hydrogen-bond donors (Lipinski definition) is 1. The number of amides is 1. The Morgan fingerprint density at radius 2 is 2.31 bits per heavy atom. The van der Waals surface area contributed by atoms with Gasteiger partial charge in [0.2, 0.25) is 5.91 Å². The van der Waals surface area contributed by atoms with Crippen LogP contribution >= 0.6 is 0 Å². The van der Waals surface area contributed by atoms with Gasteiger partial charge in [0.25, 0.3) is 0 Å². The highest BCUT2D eigenvalue weighted by Crippen LogP contribution is 2.29. The number of carbonyl (C=O) groups is 1. The first-order chi connectivity index (χ1) is 12.8. The molecule has 0 aliphatic carbocycles. The molecule has 0 bridgehead atoms. The van der Waals surface area contributed by atoms with Crippen LogP contribution in [0.1, 0.15) is 31.2 Å². The topological polar surface area (TPSA) is 52.2 Å². The van der Waals surface area contributed by atoms with Crippen molar-refractivity contribution < 1.29 is 4.79 Å². The van der Waals surface area contributed by atoms with Gasteiger partial charge >= 0.3 is 0 Å². The second-order valence-electron chi connectivity index (χ2n) is 7.05. The van der Waals surface area contributed by atoms with Crippen molar-refractivity contribution in [3.63, 3.8) is 0 Å². The molecule has 1 amide bonds. The van der Waals surface area contributed by atoms with Crippen molar-refractivity contribution in [2.24, 2.45) is 0 Å². The zero-order valence-electron chi connectivity index (χ0n) is 14.9. The van der Waals surface area contributed by atoms with Gasteiger partial charge in [-0.3, -0.25) is 9.69 Å². The fourth-order valence-corrected chi connectivity index (χ4v) is 4.12. The number of likely N-dealkylation sites (tertiary alicyclic amines) is 1. The molecule has 0 spiro atoms. The number of aromatic amines is 1. The Morgan fingerprint density at radius 3 is 3.12 bits per heavy atom. The molecule has 4 rings (SSSR count). The molecular formula is C21H24N4O. The number of nitrogens with zero attached hydrogens (tertiary/aromatic N) is 3. The van der Waals surface area contributed by atoms with Gasteiger partial charge in [0, 0.05) is 36.4 Å². The summed E-state index contributed by atoms with van der Waals surface area (Å²) in [6.07, 6.45) is 15.5. The molecule has 1 saturated heterocycles. The predicted octanol–water partition coefficient (Wildman–Crippen LogP) is 2.67. The number of rotatable bonds is 3. The van der Waals surface area contributed by atoms with Crippen LogP contribution in [0, 0.1) is 12.3 Å². The van der Waals surface area contributed by atoms with E-state index in [0.29, 0.717) is 13.1 Å². The minimum atomic E-state index is -0.0490. The molecule has 0 unspecified atom stereocenters. The van der Waals surface area contributed by atoms with Gasteiger partial charge < -0.3 is 9.88 Å². The minimum Gasteiger partial charge on any atom is -0.346 e. The van der Waals surface area contributed by atoms with E-state index in [-0.39, 0.29) is 11.9 Å². The summed E-state index contributed by atoms with van der Waals surface area (Å²) in [7, 11) is 0. The van der Waals surface area contributed by atoms with Crippen molar-refractivity contribution in [1.29, 1.82) is 0 Å². The average molecular weight is 348 g/mol. The normalized spacial score (nSPS) is 21.4. The molecule has 1 fully saturated rings. The maximum absolute atomic E-state index is 13.0. The lowest BCUT2D eigenvalue weighted by Gasteiger charge is -2.37. The summed E-state index contributed by atoms with van der Waals surface area (Å²) in [6.45, 7) is 2.92. The first kappa shape index (κ1) is 16.9. The van der Waals surface area contributed by atoms with E-state index < -0.39 is 0 Å².